The summed E-state index contributed by atoms with van der Waals surface area (Å²) in [5, 5.41) is 1.15. The van der Waals surface area contributed by atoms with Crippen molar-refractivity contribution in [3.63, 3.8) is 0 Å². The Morgan fingerprint density at radius 3 is 2.83 bits per heavy atom. The highest BCUT2D eigenvalue weighted by Crippen LogP contribution is 2.24. The van der Waals surface area contributed by atoms with E-state index in [4.69, 9.17) is 5.73 Å². The van der Waals surface area contributed by atoms with Gasteiger partial charge in [-0.2, -0.15) is 0 Å². The normalized spacial score (nSPS) is 10.7. The lowest BCUT2D eigenvalue weighted by atomic mass is 10.2. The topological polar surface area (TPSA) is 38.9 Å². The minimum Gasteiger partial charge on any atom is -0.326 e. The van der Waals surface area contributed by atoms with Crippen molar-refractivity contribution in [2.45, 2.75) is 19.8 Å². The summed E-state index contributed by atoms with van der Waals surface area (Å²) in [6.45, 7) is 8.64. The first-order valence-corrected chi connectivity index (χ1v) is 4.80. The summed E-state index contributed by atoms with van der Waals surface area (Å²) in [7, 11) is 0. The molecule has 1 aromatic rings. The molecule has 1 rings (SSSR count). The van der Waals surface area contributed by atoms with Gasteiger partial charge in [-0.15, -0.1) is 11.3 Å². The number of thiazole rings is 1. The van der Waals surface area contributed by atoms with Gasteiger partial charge in [-0.25, -0.2) is 4.98 Å². The fraction of sp³-hybridized carbons (Fsp3) is 0.444. The molecule has 0 amide bonds. The van der Waals surface area contributed by atoms with Gasteiger partial charge in [0, 0.05) is 18.7 Å². The summed E-state index contributed by atoms with van der Waals surface area (Å²) in [6.07, 6.45) is 1.86. The predicted octanol–water partition coefficient (Wildman–Crippen LogP) is 2.24. The molecule has 0 aliphatic rings. The Balaban J connectivity index is 2.84. The van der Waals surface area contributed by atoms with E-state index in [2.05, 4.69) is 25.4 Å². The molecule has 0 unspecified atom stereocenters. The average molecular weight is 182 g/mol. The number of hydrogen-bond acceptors (Lipinski definition) is 3. The monoisotopic (exact) mass is 182 g/mol. The summed E-state index contributed by atoms with van der Waals surface area (Å²) < 4.78 is 0. The van der Waals surface area contributed by atoms with Crippen LogP contribution < -0.4 is 5.73 Å². The molecule has 0 aromatic carbocycles. The van der Waals surface area contributed by atoms with Gasteiger partial charge in [0.05, 0.1) is 9.88 Å². The Labute approximate surface area is 77.1 Å². The number of hydrogen-bond donors (Lipinski definition) is 1. The Morgan fingerprint density at radius 2 is 2.42 bits per heavy atom. The van der Waals surface area contributed by atoms with Crippen molar-refractivity contribution in [1.29, 1.82) is 0 Å². The van der Waals surface area contributed by atoms with Crippen LogP contribution in [0.2, 0.25) is 0 Å². The summed E-state index contributed by atoms with van der Waals surface area (Å²) in [4.78, 5) is 5.40. The van der Waals surface area contributed by atoms with E-state index >= 15 is 0 Å². The Bertz CT molecular complexity index is 276. The van der Waals surface area contributed by atoms with Gasteiger partial charge < -0.3 is 5.73 Å². The molecule has 0 fully saturated rings. The predicted molar refractivity (Wildman–Crippen MR) is 54.3 cm³/mol. The van der Waals surface area contributed by atoms with Crippen LogP contribution in [0.5, 0.6) is 0 Å². The summed E-state index contributed by atoms with van der Waals surface area (Å²) in [5.74, 6) is 0.495. The zero-order chi connectivity index (χ0) is 9.14. The smallest absolute Gasteiger partial charge is 0.0956 e. The van der Waals surface area contributed by atoms with Gasteiger partial charge in [-0.05, 0) is 5.57 Å². The lowest BCUT2D eigenvalue weighted by Crippen LogP contribution is -1.98. The maximum atomic E-state index is 5.47. The van der Waals surface area contributed by atoms with Crippen LogP contribution in [0, 0.1) is 0 Å². The Kier molecular flexibility index (Phi) is 3.00. The fourth-order valence-electron chi connectivity index (χ4n) is 0.819. The second kappa shape index (κ2) is 3.83. The van der Waals surface area contributed by atoms with E-state index in [1.54, 1.807) is 11.3 Å². The van der Waals surface area contributed by atoms with Crippen molar-refractivity contribution < 1.29 is 0 Å². The molecule has 0 aliphatic carbocycles. The molecule has 0 saturated heterocycles. The standard InChI is InChI=1S/C9H14N2S/c1-6(2)9-11-5-8(12-9)7(3)4-10/h5-6H,3-4,10H2,1-2H3. The summed E-state index contributed by atoms with van der Waals surface area (Å²) in [5.41, 5.74) is 6.44. The molecule has 2 N–H and O–H groups in total. The third-order valence-corrected chi connectivity index (χ3v) is 3.01. The molecule has 66 valence electrons. The Hall–Kier alpha value is -0.670. The van der Waals surface area contributed by atoms with Crippen molar-refractivity contribution in [2.24, 2.45) is 5.73 Å². The molecule has 12 heavy (non-hydrogen) atoms. The van der Waals surface area contributed by atoms with Crippen molar-refractivity contribution in [2.75, 3.05) is 6.54 Å². The number of nitrogens with zero attached hydrogens (tertiary/aromatic N) is 1. The second-order valence-electron chi connectivity index (χ2n) is 3.03. The minimum absolute atomic E-state index is 0.495. The maximum Gasteiger partial charge on any atom is 0.0956 e. The van der Waals surface area contributed by atoms with Crippen LogP contribution in [-0.2, 0) is 0 Å². The molecule has 0 bridgehead atoms. The van der Waals surface area contributed by atoms with Crippen LogP contribution in [0.3, 0.4) is 0 Å². The largest absolute Gasteiger partial charge is 0.326 e. The molecule has 0 spiro atoms. The molecule has 1 heterocycles. The highest BCUT2D eigenvalue weighted by atomic mass is 32.1. The number of rotatable bonds is 3. The van der Waals surface area contributed by atoms with E-state index in [0.29, 0.717) is 12.5 Å². The second-order valence-corrected chi connectivity index (χ2v) is 4.09. The molecule has 1 aromatic heterocycles. The van der Waals surface area contributed by atoms with Crippen LogP contribution in [0.25, 0.3) is 5.57 Å². The molecular formula is C9H14N2S. The van der Waals surface area contributed by atoms with Crippen LogP contribution in [0.4, 0.5) is 0 Å². The first-order chi connectivity index (χ1) is 5.65. The third kappa shape index (κ3) is 1.93. The summed E-state index contributed by atoms with van der Waals surface area (Å²) in [6, 6.07) is 0. The van der Waals surface area contributed by atoms with Gasteiger partial charge in [-0.3, -0.25) is 0 Å². The average Bonchev–Trinajstić information content (AvgIpc) is 2.51. The molecule has 2 nitrogen and oxygen atoms in total. The highest BCUT2D eigenvalue weighted by molar-refractivity contribution is 7.12. The Morgan fingerprint density at radius 1 is 1.75 bits per heavy atom. The van der Waals surface area contributed by atoms with E-state index < -0.39 is 0 Å². The number of aromatic nitrogens is 1. The fourth-order valence-corrected chi connectivity index (χ4v) is 1.72. The van der Waals surface area contributed by atoms with Crippen molar-refractivity contribution in [3.05, 3.63) is 22.7 Å². The lowest BCUT2D eigenvalue weighted by molar-refractivity contribution is 0.852. The van der Waals surface area contributed by atoms with Crippen LogP contribution in [-0.4, -0.2) is 11.5 Å². The molecular weight excluding hydrogens is 168 g/mol. The lowest BCUT2D eigenvalue weighted by Gasteiger charge is -1.97. The van der Waals surface area contributed by atoms with E-state index in [9.17, 15) is 0 Å². The number of nitrogens with two attached hydrogens (primary N) is 1. The first kappa shape index (κ1) is 9.42. The van der Waals surface area contributed by atoms with E-state index in [0.717, 1.165) is 15.5 Å². The van der Waals surface area contributed by atoms with Crippen molar-refractivity contribution >= 4 is 16.9 Å². The molecule has 0 radical (unpaired) electrons. The molecule has 3 heteroatoms. The molecule has 0 saturated carbocycles. The summed E-state index contributed by atoms with van der Waals surface area (Å²) >= 11 is 1.68. The minimum atomic E-state index is 0.495. The van der Waals surface area contributed by atoms with Crippen LogP contribution >= 0.6 is 11.3 Å². The van der Waals surface area contributed by atoms with Gasteiger partial charge in [0.15, 0.2) is 0 Å². The van der Waals surface area contributed by atoms with Gasteiger partial charge in [0.25, 0.3) is 0 Å². The van der Waals surface area contributed by atoms with Crippen molar-refractivity contribution in [1.82, 2.24) is 4.98 Å². The maximum absolute atomic E-state index is 5.47. The zero-order valence-corrected chi connectivity index (χ0v) is 8.32. The van der Waals surface area contributed by atoms with Gasteiger partial charge in [-0.1, -0.05) is 20.4 Å². The van der Waals surface area contributed by atoms with Crippen LogP contribution in [0.15, 0.2) is 12.8 Å². The first-order valence-electron chi connectivity index (χ1n) is 3.99. The van der Waals surface area contributed by atoms with E-state index in [-0.39, 0.29) is 0 Å². The zero-order valence-electron chi connectivity index (χ0n) is 7.50. The highest BCUT2D eigenvalue weighted by Gasteiger charge is 2.06. The van der Waals surface area contributed by atoms with Gasteiger partial charge in [0.2, 0.25) is 0 Å². The van der Waals surface area contributed by atoms with Gasteiger partial charge in [0.1, 0.15) is 0 Å². The third-order valence-electron chi connectivity index (χ3n) is 1.61. The van der Waals surface area contributed by atoms with Crippen molar-refractivity contribution in [3.8, 4) is 0 Å². The SMILES string of the molecule is C=C(CN)c1cnc(C(C)C)s1. The van der Waals surface area contributed by atoms with Crippen LogP contribution in [0.1, 0.15) is 29.7 Å². The van der Waals surface area contributed by atoms with Gasteiger partial charge >= 0.3 is 0 Å². The quantitative estimate of drug-likeness (QED) is 0.778. The van der Waals surface area contributed by atoms with E-state index in [1.165, 1.54) is 0 Å². The molecule has 0 atom stereocenters. The molecule has 0 aliphatic heterocycles. The van der Waals surface area contributed by atoms with E-state index in [1.807, 2.05) is 6.20 Å².